The van der Waals surface area contributed by atoms with E-state index in [1.165, 1.54) is 0 Å². The van der Waals surface area contributed by atoms with Crippen molar-refractivity contribution in [3.05, 3.63) is 60.6 Å². The zero-order valence-electron chi connectivity index (χ0n) is 16.5. The maximum Gasteiger partial charge on any atom is 0.0927 e. The Bertz CT molecular complexity index is 1010. The summed E-state index contributed by atoms with van der Waals surface area (Å²) in [7, 11) is 0. The maximum absolute atomic E-state index is 8.15. The molecule has 1 aromatic heterocycles. The average molecular weight is 203 g/mol. The number of aromatic nitrogens is 2. The largest absolute Gasteiger partial charge is 0.240 e. The van der Waals surface area contributed by atoms with Crippen LogP contribution in [0.2, 0.25) is 0 Å². The molecule has 3 rings (SSSR count). The topological polar surface area (TPSA) is 17.8 Å². The molecule has 0 radical (unpaired) electrons. The van der Waals surface area contributed by atoms with E-state index in [9.17, 15) is 0 Å². The molecule has 0 fully saturated rings. The van der Waals surface area contributed by atoms with Crippen LogP contribution in [-0.2, 0) is 0 Å². The highest BCUT2D eigenvalue weighted by atomic mass is 15.3. The Labute approximate surface area is 100 Å². The zero-order chi connectivity index (χ0) is 17.9. The molecule has 15 heavy (non-hydrogen) atoms. The normalized spacial score (nSPS) is 19.1. The van der Waals surface area contributed by atoms with Gasteiger partial charge in [0.15, 0.2) is 0 Å². The third-order valence-corrected chi connectivity index (χ3v) is 1.85. The molecule has 0 aliphatic heterocycles. The lowest BCUT2D eigenvalue weighted by molar-refractivity contribution is 0.896. The molecule has 0 amide bonds. The lowest BCUT2D eigenvalue weighted by Crippen LogP contribution is -1.92. The second kappa shape index (κ2) is 3.24. The van der Waals surface area contributed by atoms with Crippen LogP contribution in [0, 0.1) is 0 Å². The zero-order valence-corrected chi connectivity index (χ0v) is 7.47. The van der Waals surface area contributed by atoms with Gasteiger partial charge >= 0.3 is 0 Å². The van der Waals surface area contributed by atoms with Crippen LogP contribution in [0.25, 0.3) is 16.6 Å². The van der Waals surface area contributed by atoms with Crippen molar-refractivity contribution >= 4 is 10.9 Å². The second-order valence-corrected chi connectivity index (χ2v) is 2.80. The highest BCUT2D eigenvalue weighted by molar-refractivity contribution is 5.78. The minimum Gasteiger partial charge on any atom is -0.240 e. The predicted molar refractivity (Wildman–Crippen MR) is 61.1 cm³/mol. The van der Waals surface area contributed by atoms with Crippen LogP contribution in [0.4, 0.5) is 0 Å². The Morgan fingerprint density at radius 1 is 1.00 bits per heavy atom. The monoisotopic (exact) mass is 203 g/mol. The van der Waals surface area contributed by atoms with Gasteiger partial charge in [0.1, 0.15) is 0 Å². The first-order valence-electron chi connectivity index (χ1n) is 8.70. The highest BCUT2D eigenvalue weighted by Crippen LogP contribution is 2.14. The molecule has 3 aromatic rings. The van der Waals surface area contributed by atoms with Gasteiger partial charge in [0, 0.05) is 11.6 Å². The minimum absolute atomic E-state index is 0.0981. The summed E-state index contributed by atoms with van der Waals surface area (Å²) in [5.41, 5.74) is -0.225. The summed E-state index contributed by atoms with van der Waals surface area (Å²) >= 11 is 0. The van der Waals surface area contributed by atoms with Crippen molar-refractivity contribution in [2.75, 3.05) is 0 Å². The quantitative estimate of drug-likeness (QED) is 0.594. The minimum atomic E-state index is -0.490. The third kappa shape index (κ3) is 1.40. The number of hydrogen-bond donors (Lipinski definition) is 0. The van der Waals surface area contributed by atoms with Crippen LogP contribution >= 0.6 is 0 Å². The van der Waals surface area contributed by atoms with E-state index in [1.807, 2.05) is 0 Å². The number of nitrogens with zero attached hydrogens (tertiary/aromatic N) is 2. The molecule has 0 N–H and O–H groups in total. The van der Waals surface area contributed by atoms with Gasteiger partial charge in [-0.3, -0.25) is 0 Å². The first kappa shape index (κ1) is 3.20. The van der Waals surface area contributed by atoms with E-state index < -0.39 is 42.3 Å². The molecule has 0 saturated heterocycles. The van der Waals surface area contributed by atoms with Gasteiger partial charge in [-0.2, -0.15) is 5.10 Å². The smallest absolute Gasteiger partial charge is 0.0927 e. The molecule has 2 heteroatoms. The summed E-state index contributed by atoms with van der Waals surface area (Å²) in [5, 5.41) is 3.88. The van der Waals surface area contributed by atoms with Gasteiger partial charge in [-0.25, -0.2) is 4.68 Å². The molecular formula is C13H10N2. The molecule has 0 saturated carbocycles. The molecule has 72 valence electrons. The molecular weight excluding hydrogens is 184 g/mol. The van der Waals surface area contributed by atoms with Crippen molar-refractivity contribution in [1.82, 2.24) is 9.78 Å². The van der Waals surface area contributed by atoms with Crippen molar-refractivity contribution < 1.29 is 12.3 Å². The first-order chi connectivity index (χ1) is 11.2. The third-order valence-electron chi connectivity index (χ3n) is 1.85. The Kier molecular flexibility index (Phi) is 0.692. The van der Waals surface area contributed by atoms with Gasteiger partial charge in [-0.15, -0.1) is 0 Å². The number of rotatable bonds is 1. The van der Waals surface area contributed by atoms with Crippen molar-refractivity contribution in [3.8, 4) is 5.69 Å². The van der Waals surface area contributed by atoms with Crippen molar-refractivity contribution in [1.29, 1.82) is 0 Å². The maximum atomic E-state index is 8.15. The van der Waals surface area contributed by atoms with Crippen LogP contribution in [0.5, 0.6) is 0 Å². The van der Waals surface area contributed by atoms with E-state index in [2.05, 4.69) is 5.10 Å². The average Bonchev–Trinajstić information content (AvgIpc) is 2.89. The highest BCUT2D eigenvalue weighted by Gasteiger charge is 1.99. The number of hydrogen-bond acceptors (Lipinski definition) is 1. The summed E-state index contributed by atoms with van der Waals surface area (Å²) in [5.74, 6) is 0. The Hall–Kier alpha value is -2.09. The van der Waals surface area contributed by atoms with E-state index in [4.69, 9.17) is 12.3 Å². The first-order valence-corrected chi connectivity index (χ1v) is 4.20. The standard InChI is InChI=1S/C13H10N2/c1-2-7-12(8-3-1)15-10-11-6-4-5-9-13(11)14-15/h1-10H/i1D,2D,3D,4D,5D,6D,7D,9D,10D. The molecule has 0 atom stereocenters. The van der Waals surface area contributed by atoms with E-state index in [1.54, 1.807) is 0 Å². The molecule has 1 heterocycles. The fourth-order valence-corrected chi connectivity index (χ4v) is 1.19. The SMILES string of the molecule is [2H]c1cc(-n2nc3c([2H])c([2H])c([2H])c([2H])c3c2[2H])c([2H])c([2H])c1[2H]. The Balaban J connectivity index is 2.44. The van der Waals surface area contributed by atoms with Gasteiger partial charge < -0.3 is 0 Å². The van der Waals surface area contributed by atoms with E-state index in [0.29, 0.717) is 0 Å². The summed E-state index contributed by atoms with van der Waals surface area (Å²) in [6.45, 7) is 0. The van der Waals surface area contributed by atoms with Crippen LogP contribution in [0.15, 0.2) is 60.6 Å². The summed E-state index contributed by atoms with van der Waals surface area (Å²) < 4.78 is 71.0. The van der Waals surface area contributed by atoms with Crippen LogP contribution in [0.3, 0.4) is 0 Å². The van der Waals surface area contributed by atoms with Gasteiger partial charge in [-0.05, 0) is 18.2 Å². The van der Waals surface area contributed by atoms with Crippen LogP contribution in [0.1, 0.15) is 12.3 Å². The Morgan fingerprint density at radius 3 is 2.87 bits per heavy atom. The lowest BCUT2D eigenvalue weighted by atomic mass is 10.3. The fourth-order valence-electron chi connectivity index (χ4n) is 1.19. The fraction of sp³-hybridized carbons (Fsp3) is 0. The van der Waals surface area contributed by atoms with Gasteiger partial charge in [0.25, 0.3) is 0 Å². The summed E-state index contributed by atoms with van der Waals surface area (Å²) in [4.78, 5) is 0. The lowest BCUT2D eigenvalue weighted by Gasteiger charge is -1.98. The van der Waals surface area contributed by atoms with Crippen LogP contribution in [-0.4, -0.2) is 9.78 Å². The summed E-state index contributed by atoms with van der Waals surface area (Å²) in [6.07, 6.45) is -0.373. The van der Waals surface area contributed by atoms with Crippen molar-refractivity contribution in [3.63, 3.8) is 0 Å². The molecule has 2 nitrogen and oxygen atoms in total. The van der Waals surface area contributed by atoms with Crippen molar-refractivity contribution in [2.24, 2.45) is 0 Å². The number of para-hydroxylation sites is 1. The van der Waals surface area contributed by atoms with Gasteiger partial charge in [-0.1, -0.05) is 36.3 Å². The number of fused-ring (bicyclic) bond motifs is 1. The molecule has 0 aliphatic rings. The summed E-state index contributed by atoms with van der Waals surface area (Å²) in [6, 6.07) is -2.31. The predicted octanol–water partition coefficient (Wildman–Crippen LogP) is 3.03. The molecule has 0 bridgehead atoms. The molecule has 2 aromatic carbocycles. The number of benzene rings is 2. The van der Waals surface area contributed by atoms with E-state index in [-0.39, 0.29) is 28.8 Å². The molecule has 0 unspecified atom stereocenters. The van der Waals surface area contributed by atoms with Crippen LogP contribution < -0.4 is 0 Å². The molecule has 0 spiro atoms. The van der Waals surface area contributed by atoms with Gasteiger partial charge in [0.05, 0.1) is 23.5 Å². The van der Waals surface area contributed by atoms with Crippen molar-refractivity contribution in [2.45, 2.75) is 0 Å². The van der Waals surface area contributed by atoms with Gasteiger partial charge in [0.2, 0.25) is 0 Å². The molecule has 0 aliphatic carbocycles. The van der Waals surface area contributed by atoms with E-state index in [0.717, 1.165) is 10.7 Å². The Morgan fingerprint density at radius 2 is 1.87 bits per heavy atom. The second-order valence-electron chi connectivity index (χ2n) is 2.80. The van der Waals surface area contributed by atoms with E-state index >= 15 is 0 Å².